The molecule has 0 heterocycles. The van der Waals surface area contributed by atoms with Crippen molar-refractivity contribution < 1.29 is 18.1 Å². The summed E-state index contributed by atoms with van der Waals surface area (Å²) < 4.78 is 27.7. The van der Waals surface area contributed by atoms with Gasteiger partial charge in [0.05, 0.1) is 21.5 Å². The fraction of sp³-hybridized carbons (Fsp3) is 0.188. The molecule has 1 amide bonds. The minimum Gasteiger partial charge on any atom is -0.324 e. The molecule has 2 rings (SSSR count). The third-order valence-corrected chi connectivity index (χ3v) is 5.62. The summed E-state index contributed by atoms with van der Waals surface area (Å²) in [5.74, 6) is -0.630. The molecular formula is C16H16BrN3O5S. The van der Waals surface area contributed by atoms with E-state index in [0.29, 0.717) is 5.56 Å². The van der Waals surface area contributed by atoms with Gasteiger partial charge in [0.1, 0.15) is 0 Å². The summed E-state index contributed by atoms with van der Waals surface area (Å²) in [7, 11) is -3.89. The fourth-order valence-electron chi connectivity index (χ4n) is 2.07. The molecule has 0 aliphatic heterocycles. The highest BCUT2D eigenvalue weighted by Gasteiger charge is 2.23. The average Bonchev–Trinajstić information content (AvgIpc) is 2.56. The van der Waals surface area contributed by atoms with Crippen LogP contribution in [0.25, 0.3) is 0 Å². The van der Waals surface area contributed by atoms with E-state index in [1.807, 2.05) is 0 Å². The highest BCUT2D eigenvalue weighted by molar-refractivity contribution is 9.10. The van der Waals surface area contributed by atoms with Crippen LogP contribution in [-0.4, -0.2) is 25.3 Å². The van der Waals surface area contributed by atoms with Crippen molar-refractivity contribution in [2.75, 3.05) is 5.32 Å². The molecule has 0 aliphatic rings. The van der Waals surface area contributed by atoms with Gasteiger partial charge in [-0.05, 0) is 43.7 Å². The van der Waals surface area contributed by atoms with Crippen LogP contribution in [0.15, 0.2) is 51.8 Å². The molecule has 0 spiro atoms. The van der Waals surface area contributed by atoms with Gasteiger partial charge >= 0.3 is 0 Å². The van der Waals surface area contributed by atoms with E-state index in [4.69, 9.17) is 0 Å². The first kappa shape index (κ1) is 20.0. The molecule has 1 atom stereocenters. The van der Waals surface area contributed by atoms with Crippen molar-refractivity contribution in [2.45, 2.75) is 24.8 Å². The zero-order valence-corrected chi connectivity index (χ0v) is 16.3. The molecule has 10 heteroatoms. The molecule has 0 fully saturated rings. The van der Waals surface area contributed by atoms with Crippen LogP contribution in [0, 0.1) is 17.0 Å². The van der Waals surface area contributed by atoms with Gasteiger partial charge in [0.15, 0.2) is 0 Å². The summed E-state index contributed by atoms with van der Waals surface area (Å²) >= 11 is 3.22. The number of sulfonamides is 1. The van der Waals surface area contributed by atoms with Crippen LogP contribution >= 0.6 is 15.9 Å². The Morgan fingerprint density at radius 3 is 2.38 bits per heavy atom. The summed E-state index contributed by atoms with van der Waals surface area (Å²) in [6, 6.07) is 8.93. The Kier molecular flexibility index (Phi) is 6.11. The van der Waals surface area contributed by atoms with Crippen LogP contribution in [0.4, 0.5) is 11.4 Å². The maximum absolute atomic E-state index is 12.3. The van der Waals surface area contributed by atoms with Gasteiger partial charge in [-0.25, -0.2) is 8.42 Å². The molecular weight excluding hydrogens is 426 g/mol. The predicted octanol–water partition coefficient (Wildman–Crippen LogP) is 2.97. The van der Waals surface area contributed by atoms with Crippen molar-refractivity contribution in [1.29, 1.82) is 0 Å². The van der Waals surface area contributed by atoms with E-state index >= 15 is 0 Å². The van der Waals surface area contributed by atoms with E-state index in [1.165, 1.54) is 37.3 Å². The lowest BCUT2D eigenvalue weighted by Crippen LogP contribution is -2.41. The monoisotopic (exact) mass is 441 g/mol. The fourth-order valence-corrected chi connectivity index (χ4v) is 3.53. The van der Waals surface area contributed by atoms with E-state index in [0.717, 1.165) is 4.47 Å². The number of carbonyl (C=O) groups excluding carboxylic acids is 1. The third kappa shape index (κ3) is 4.87. The minimum atomic E-state index is -3.89. The minimum absolute atomic E-state index is 0.0203. The van der Waals surface area contributed by atoms with Gasteiger partial charge in [-0.15, -0.1) is 0 Å². The van der Waals surface area contributed by atoms with Gasteiger partial charge < -0.3 is 5.32 Å². The molecule has 26 heavy (non-hydrogen) atoms. The summed E-state index contributed by atoms with van der Waals surface area (Å²) in [4.78, 5) is 22.6. The highest BCUT2D eigenvalue weighted by atomic mass is 79.9. The lowest BCUT2D eigenvalue weighted by atomic mass is 10.1. The van der Waals surface area contributed by atoms with Gasteiger partial charge in [0.25, 0.3) is 5.69 Å². The standard InChI is InChI=1S/C16H16BrN3O5S/c1-10-3-6-13(20(22)23)9-15(10)18-16(21)11(2)19-26(24,25)14-7-4-12(17)5-8-14/h3-9,11,19H,1-2H3,(H,18,21)/t11-/m1/s1. The molecule has 138 valence electrons. The first-order valence-electron chi connectivity index (χ1n) is 7.44. The number of halogens is 1. The second-order valence-corrected chi connectivity index (χ2v) is 8.17. The summed E-state index contributed by atoms with van der Waals surface area (Å²) in [6.07, 6.45) is 0. The summed E-state index contributed by atoms with van der Waals surface area (Å²) in [5.41, 5.74) is 0.694. The van der Waals surface area contributed by atoms with Gasteiger partial charge in [-0.3, -0.25) is 14.9 Å². The van der Waals surface area contributed by atoms with Crippen molar-refractivity contribution in [2.24, 2.45) is 0 Å². The largest absolute Gasteiger partial charge is 0.324 e. The second-order valence-electron chi connectivity index (χ2n) is 5.54. The third-order valence-electron chi connectivity index (χ3n) is 3.54. The number of nitrogens with zero attached hydrogens (tertiary/aromatic N) is 1. The van der Waals surface area contributed by atoms with Gasteiger partial charge in [0, 0.05) is 16.6 Å². The SMILES string of the molecule is Cc1ccc([N+](=O)[O-])cc1NC(=O)[C@@H](C)NS(=O)(=O)c1ccc(Br)cc1. The molecule has 0 radical (unpaired) electrons. The van der Waals surface area contributed by atoms with Crippen molar-refractivity contribution in [3.8, 4) is 0 Å². The van der Waals surface area contributed by atoms with Crippen LogP contribution < -0.4 is 10.0 Å². The van der Waals surface area contributed by atoms with Crippen molar-refractivity contribution in [1.82, 2.24) is 4.72 Å². The Bertz CT molecular complexity index is 945. The highest BCUT2D eigenvalue weighted by Crippen LogP contribution is 2.22. The first-order valence-corrected chi connectivity index (χ1v) is 9.71. The molecule has 0 unspecified atom stereocenters. The number of amides is 1. The quantitative estimate of drug-likeness (QED) is 0.527. The Balaban J connectivity index is 2.14. The molecule has 0 saturated carbocycles. The molecule has 0 aromatic heterocycles. The first-order chi connectivity index (χ1) is 12.1. The maximum Gasteiger partial charge on any atom is 0.271 e. The molecule has 0 bridgehead atoms. The topological polar surface area (TPSA) is 118 Å². The summed E-state index contributed by atoms with van der Waals surface area (Å²) in [6.45, 7) is 3.06. The van der Waals surface area contributed by atoms with Gasteiger partial charge in [-0.1, -0.05) is 22.0 Å². The second kappa shape index (κ2) is 7.94. The van der Waals surface area contributed by atoms with E-state index in [2.05, 4.69) is 26.0 Å². The number of hydrogen-bond acceptors (Lipinski definition) is 5. The zero-order chi connectivity index (χ0) is 19.5. The number of nitro benzene ring substituents is 1. The lowest BCUT2D eigenvalue weighted by molar-refractivity contribution is -0.384. The lowest BCUT2D eigenvalue weighted by Gasteiger charge is -2.15. The number of anilines is 1. The predicted molar refractivity (Wildman–Crippen MR) is 100 cm³/mol. The maximum atomic E-state index is 12.3. The van der Waals surface area contributed by atoms with Gasteiger partial charge in [0.2, 0.25) is 15.9 Å². The van der Waals surface area contributed by atoms with Gasteiger partial charge in [-0.2, -0.15) is 4.72 Å². The number of aryl methyl sites for hydroxylation is 1. The van der Waals surface area contributed by atoms with Crippen LogP contribution in [0.2, 0.25) is 0 Å². The number of nitro groups is 1. The van der Waals surface area contributed by atoms with E-state index in [-0.39, 0.29) is 16.3 Å². The molecule has 2 aromatic rings. The van der Waals surface area contributed by atoms with Crippen LogP contribution in [-0.2, 0) is 14.8 Å². The van der Waals surface area contributed by atoms with E-state index in [9.17, 15) is 23.3 Å². The Morgan fingerprint density at radius 2 is 1.81 bits per heavy atom. The van der Waals surface area contributed by atoms with Crippen molar-refractivity contribution in [3.63, 3.8) is 0 Å². The Labute approximate surface area is 158 Å². The van der Waals surface area contributed by atoms with Crippen LogP contribution in [0.1, 0.15) is 12.5 Å². The normalized spacial score (nSPS) is 12.4. The number of carbonyl (C=O) groups is 1. The molecule has 0 aliphatic carbocycles. The smallest absolute Gasteiger partial charge is 0.271 e. The average molecular weight is 442 g/mol. The van der Waals surface area contributed by atoms with E-state index < -0.39 is 26.9 Å². The number of non-ortho nitro benzene ring substituents is 1. The van der Waals surface area contributed by atoms with Crippen LogP contribution in [0.5, 0.6) is 0 Å². The molecule has 2 aromatic carbocycles. The molecule has 0 saturated heterocycles. The van der Waals surface area contributed by atoms with Crippen molar-refractivity contribution in [3.05, 3.63) is 62.6 Å². The zero-order valence-electron chi connectivity index (χ0n) is 13.9. The number of hydrogen-bond donors (Lipinski definition) is 2. The number of benzene rings is 2. The Hall–Kier alpha value is -2.30. The molecule has 2 N–H and O–H groups in total. The van der Waals surface area contributed by atoms with Crippen LogP contribution in [0.3, 0.4) is 0 Å². The number of nitrogens with one attached hydrogen (secondary N) is 2. The Morgan fingerprint density at radius 1 is 1.19 bits per heavy atom. The van der Waals surface area contributed by atoms with E-state index in [1.54, 1.807) is 19.1 Å². The van der Waals surface area contributed by atoms with Crippen molar-refractivity contribution >= 4 is 43.2 Å². The number of rotatable bonds is 6. The summed E-state index contributed by atoms with van der Waals surface area (Å²) in [5, 5.41) is 13.4. The molecule has 8 nitrogen and oxygen atoms in total.